The van der Waals surface area contributed by atoms with E-state index in [4.69, 9.17) is 0 Å². The Hall–Kier alpha value is -3.55. The SMILES string of the molecule is Cn1ncc(C(=O)Nc2ccc(N3CCNC3=O)cc2)c1-n1cccc1. The molecular weight excluding hydrogens is 332 g/mol. The minimum atomic E-state index is -0.242. The van der Waals surface area contributed by atoms with Crippen LogP contribution in [0.15, 0.2) is 55.0 Å². The van der Waals surface area contributed by atoms with E-state index < -0.39 is 0 Å². The fourth-order valence-electron chi connectivity index (χ4n) is 3.01. The zero-order valence-electron chi connectivity index (χ0n) is 14.2. The number of aryl methyl sites for hydroxylation is 1. The van der Waals surface area contributed by atoms with Crippen molar-refractivity contribution in [3.63, 3.8) is 0 Å². The molecule has 0 radical (unpaired) electrons. The molecule has 132 valence electrons. The molecule has 2 aromatic heterocycles. The van der Waals surface area contributed by atoms with Crippen molar-refractivity contribution in [3.8, 4) is 5.82 Å². The predicted molar refractivity (Wildman–Crippen MR) is 97.7 cm³/mol. The Morgan fingerprint density at radius 1 is 1.19 bits per heavy atom. The molecule has 8 nitrogen and oxygen atoms in total. The minimum Gasteiger partial charge on any atom is -0.336 e. The van der Waals surface area contributed by atoms with E-state index in [1.54, 1.807) is 35.0 Å². The number of amides is 3. The van der Waals surface area contributed by atoms with Crippen LogP contribution in [-0.4, -0.2) is 39.4 Å². The number of benzene rings is 1. The fourth-order valence-corrected chi connectivity index (χ4v) is 3.01. The first-order valence-corrected chi connectivity index (χ1v) is 8.25. The molecule has 0 unspecified atom stereocenters. The van der Waals surface area contributed by atoms with E-state index in [1.807, 2.05) is 41.2 Å². The van der Waals surface area contributed by atoms with Crippen LogP contribution in [0.3, 0.4) is 0 Å². The van der Waals surface area contributed by atoms with Crippen LogP contribution in [0.1, 0.15) is 10.4 Å². The van der Waals surface area contributed by atoms with Crippen LogP contribution in [0.5, 0.6) is 0 Å². The first-order valence-electron chi connectivity index (χ1n) is 8.25. The average Bonchev–Trinajstić information content (AvgIpc) is 3.36. The molecule has 3 heterocycles. The molecule has 1 aromatic carbocycles. The van der Waals surface area contributed by atoms with Gasteiger partial charge in [-0.2, -0.15) is 5.10 Å². The number of hydrogen-bond donors (Lipinski definition) is 2. The van der Waals surface area contributed by atoms with Gasteiger partial charge in [0.15, 0.2) is 0 Å². The Bertz CT molecular complexity index is 943. The predicted octanol–water partition coefficient (Wildman–Crippen LogP) is 1.99. The first kappa shape index (κ1) is 15.9. The number of hydrogen-bond acceptors (Lipinski definition) is 3. The summed E-state index contributed by atoms with van der Waals surface area (Å²) in [5.41, 5.74) is 1.93. The van der Waals surface area contributed by atoms with Crippen LogP contribution in [-0.2, 0) is 7.05 Å². The first-order chi connectivity index (χ1) is 12.6. The van der Waals surface area contributed by atoms with Gasteiger partial charge in [-0.05, 0) is 36.4 Å². The molecule has 26 heavy (non-hydrogen) atoms. The zero-order chi connectivity index (χ0) is 18.1. The van der Waals surface area contributed by atoms with E-state index in [2.05, 4.69) is 15.7 Å². The molecule has 0 saturated carbocycles. The molecule has 3 aromatic rings. The maximum atomic E-state index is 12.7. The second-order valence-electron chi connectivity index (χ2n) is 5.98. The summed E-state index contributed by atoms with van der Waals surface area (Å²) in [5, 5.41) is 9.84. The molecule has 1 saturated heterocycles. The highest BCUT2D eigenvalue weighted by molar-refractivity contribution is 6.06. The number of urea groups is 1. The van der Waals surface area contributed by atoms with Crippen molar-refractivity contribution in [2.75, 3.05) is 23.3 Å². The standard InChI is InChI=1S/C18H18N6O2/c1-22-17(23-9-2-3-10-23)15(12-20-22)16(25)21-13-4-6-14(7-5-13)24-11-8-19-18(24)26/h2-7,9-10,12H,8,11H2,1H3,(H,19,26)(H,21,25). The van der Waals surface area contributed by atoms with Crippen LogP contribution >= 0.6 is 0 Å². The van der Waals surface area contributed by atoms with Gasteiger partial charge in [-0.3, -0.25) is 14.4 Å². The number of anilines is 2. The van der Waals surface area contributed by atoms with Crippen LogP contribution in [0.4, 0.5) is 16.2 Å². The van der Waals surface area contributed by atoms with Crippen LogP contribution in [0, 0.1) is 0 Å². The lowest BCUT2D eigenvalue weighted by molar-refractivity contribution is 0.102. The topological polar surface area (TPSA) is 84.2 Å². The zero-order valence-corrected chi connectivity index (χ0v) is 14.2. The van der Waals surface area contributed by atoms with Crippen molar-refractivity contribution in [1.29, 1.82) is 0 Å². The van der Waals surface area contributed by atoms with Crippen molar-refractivity contribution < 1.29 is 9.59 Å². The van der Waals surface area contributed by atoms with Gasteiger partial charge in [-0.25, -0.2) is 4.79 Å². The second kappa shape index (κ2) is 6.40. The van der Waals surface area contributed by atoms with E-state index in [9.17, 15) is 9.59 Å². The summed E-state index contributed by atoms with van der Waals surface area (Å²) in [7, 11) is 1.79. The third-order valence-electron chi connectivity index (χ3n) is 4.29. The van der Waals surface area contributed by atoms with E-state index in [-0.39, 0.29) is 11.9 Å². The maximum absolute atomic E-state index is 12.7. The summed E-state index contributed by atoms with van der Waals surface area (Å²) in [4.78, 5) is 26.1. The van der Waals surface area contributed by atoms with E-state index in [0.717, 1.165) is 5.69 Å². The Balaban J connectivity index is 1.53. The largest absolute Gasteiger partial charge is 0.336 e. The fraction of sp³-hybridized carbons (Fsp3) is 0.167. The summed E-state index contributed by atoms with van der Waals surface area (Å²) in [6.07, 6.45) is 5.28. The van der Waals surface area contributed by atoms with Crippen LogP contribution in [0.2, 0.25) is 0 Å². The van der Waals surface area contributed by atoms with E-state index >= 15 is 0 Å². The molecule has 4 rings (SSSR count). The van der Waals surface area contributed by atoms with Crippen molar-refractivity contribution in [3.05, 3.63) is 60.6 Å². The summed E-state index contributed by atoms with van der Waals surface area (Å²) >= 11 is 0. The van der Waals surface area contributed by atoms with Gasteiger partial charge in [0.05, 0.1) is 6.20 Å². The highest BCUT2D eigenvalue weighted by Gasteiger charge is 2.21. The monoisotopic (exact) mass is 350 g/mol. The highest BCUT2D eigenvalue weighted by Crippen LogP contribution is 2.21. The van der Waals surface area contributed by atoms with Crippen molar-refractivity contribution in [2.45, 2.75) is 0 Å². The number of aromatic nitrogens is 3. The van der Waals surface area contributed by atoms with Crippen molar-refractivity contribution >= 4 is 23.3 Å². The minimum absolute atomic E-state index is 0.103. The molecule has 1 aliphatic heterocycles. The molecule has 1 fully saturated rings. The maximum Gasteiger partial charge on any atom is 0.321 e. The van der Waals surface area contributed by atoms with Gasteiger partial charge in [-0.15, -0.1) is 0 Å². The quantitative estimate of drug-likeness (QED) is 0.755. The number of nitrogens with one attached hydrogen (secondary N) is 2. The van der Waals surface area contributed by atoms with Gasteiger partial charge in [0.25, 0.3) is 5.91 Å². The molecule has 0 spiro atoms. The van der Waals surface area contributed by atoms with Gasteiger partial charge in [0.1, 0.15) is 11.4 Å². The summed E-state index contributed by atoms with van der Waals surface area (Å²) < 4.78 is 3.50. The molecule has 1 aliphatic rings. The number of carbonyl (C=O) groups excluding carboxylic acids is 2. The second-order valence-corrected chi connectivity index (χ2v) is 5.98. The molecule has 0 aliphatic carbocycles. The molecule has 0 bridgehead atoms. The number of nitrogens with zero attached hydrogens (tertiary/aromatic N) is 4. The highest BCUT2D eigenvalue weighted by atomic mass is 16.2. The normalized spacial score (nSPS) is 13.7. The molecule has 2 N–H and O–H groups in total. The summed E-state index contributed by atoms with van der Waals surface area (Å²) in [6, 6.07) is 10.9. The van der Waals surface area contributed by atoms with Crippen LogP contribution in [0.25, 0.3) is 5.82 Å². The molecule has 0 atom stereocenters. The van der Waals surface area contributed by atoms with Gasteiger partial charge in [-0.1, -0.05) is 0 Å². The number of rotatable bonds is 4. The molecular formula is C18H18N6O2. The Morgan fingerprint density at radius 3 is 2.58 bits per heavy atom. The van der Waals surface area contributed by atoms with Crippen molar-refractivity contribution in [1.82, 2.24) is 19.7 Å². The van der Waals surface area contributed by atoms with Gasteiger partial charge in [0.2, 0.25) is 0 Å². The van der Waals surface area contributed by atoms with Gasteiger partial charge >= 0.3 is 6.03 Å². The van der Waals surface area contributed by atoms with E-state index in [1.165, 1.54) is 0 Å². The third kappa shape index (κ3) is 2.81. The lowest BCUT2D eigenvalue weighted by atomic mass is 10.2. The Labute approximate surface area is 150 Å². The molecule has 3 amide bonds. The average molecular weight is 350 g/mol. The summed E-state index contributed by atoms with van der Waals surface area (Å²) in [6.45, 7) is 1.28. The smallest absolute Gasteiger partial charge is 0.321 e. The van der Waals surface area contributed by atoms with Crippen molar-refractivity contribution in [2.24, 2.45) is 7.05 Å². The number of carbonyl (C=O) groups is 2. The Morgan fingerprint density at radius 2 is 1.92 bits per heavy atom. The third-order valence-corrected chi connectivity index (χ3v) is 4.29. The summed E-state index contributed by atoms with van der Waals surface area (Å²) in [5.74, 6) is 0.450. The molecule has 8 heteroatoms. The lowest BCUT2D eigenvalue weighted by Crippen LogP contribution is -2.27. The van der Waals surface area contributed by atoms with Crippen LogP contribution < -0.4 is 15.5 Å². The Kier molecular flexibility index (Phi) is 3.92. The lowest BCUT2D eigenvalue weighted by Gasteiger charge is -2.14. The van der Waals surface area contributed by atoms with Gasteiger partial charge < -0.3 is 15.2 Å². The van der Waals surface area contributed by atoms with E-state index in [0.29, 0.717) is 30.2 Å². The van der Waals surface area contributed by atoms with Gasteiger partial charge in [0, 0.05) is 43.9 Å².